The Kier molecular flexibility index (Phi) is 2.81. The summed E-state index contributed by atoms with van der Waals surface area (Å²) < 4.78 is 25.8. The van der Waals surface area contributed by atoms with Crippen LogP contribution in [-0.4, -0.2) is 11.6 Å². The van der Waals surface area contributed by atoms with Crippen LogP contribution in [0.1, 0.15) is 10.4 Å². The number of amidine groups is 1. The maximum absolute atomic E-state index is 13.0. The number of nitrogens with one attached hydrogen (secondary N) is 1. The third-order valence-corrected chi connectivity index (χ3v) is 1.79. The minimum absolute atomic E-state index is 0.428. The molecule has 0 spiro atoms. The van der Waals surface area contributed by atoms with E-state index in [4.69, 9.17) is 22.7 Å². The number of nitrogens with two attached hydrogens (primary N) is 1. The number of hydrogen-bond acceptors (Lipinski definition) is 2. The van der Waals surface area contributed by atoms with Crippen LogP contribution in [0.5, 0.6) is 0 Å². The Morgan fingerprint density at radius 3 is 2.43 bits per heavy atom. The van der Waals surface area contributed by atoms with Crippen LogP contribution < -0.4 is 5.73 Å². The van der Waals surface area contributed by atoms with Crippen molar-refractivity contribution in [2.75, 3.05) is 0 Å². The molecule has 3 N–H and O–H groups in total. The summed E-state index contributed by atoms with van der Waals surface area (Å²) in [6.07, 6.45) is 0. The third kappa shape index (κ3) is 1.88. The number of Topliss-reactive ketones (excluding diaryl/α,β-unsaturated/α-hetero) is 1. The van der Waals surface area contributed by atoms with Gasteiger partial charge in [0.05, 0.1) is 10.6 Å². The van der Waals surface area contributed by atoms with Crippen LogP contribution in [0.15, 0.2) is 12.1 Å². The van der Waals surface area contributed by atoms with Crippen molar-refractivity contribution in [1.29, 1.82) is 5.41 Å². The zero-order valence-electron chi connectivity index (χ0n) is 6.77. The molecule has 0 fully saturated rings. The molecule has 1 aromatic rings. The Labute approximate surface area is 83.0 Å². The average Bonchev–Trinajstić information content (AvgIpc) is 2.10. The molecule has 0 unspecified atom stereocenters. The van der Waals surface area contributed by atoms with E-state index < -0.39 is 33.8 Å². The predicted octanol–water partition coefficient (Wildman–Crippen LogP) is 1.74. The molecule has 0 aliphatic carbocycles. The van der Waals surface area contributed by atoms with Crippen LogP contribution >= 0.6 is 11.6 Å². The van der Waals surface area contributed by atoms with Gasteiger partial charge in [-0.3, -0.25) is 10.2 Å². The molecule has 0 aliphatic rings. The normalized spacial score (nSPS) is 9.93. The van der Waals surface area contributed by atoms with Crippen molar-refractivity contribution in [2.45, 2.75) is 0 Å². The highest BCUT2D eigenvalue weighted by molar-refractivity contribution is 6.43. The van der Waals surface area contributed by atoms with E-state index in [0.29, 0.717) is 12.1 Å². The van der Waals surface area contributed by atoms with Gasteiger partial charge < -0.3 is 5.73 Å². The van der Waals surface area contributed by atoms with Gasteiger partial charge in [-0.1, -0.05) is 11.6 Å². The second-order valence-electron chi connectivity index (χ2n) is 2.49. The van der Waals surface area contributed by atoms with Crippen LogP contribution in [0.2, 0.25) is 5.02 Å². The molecule has 1 rings (SSSR count). The van der Waals surface area contributed by atoms with Gasteiger partial charge in [-0.2, -0.15) is 0 Å². The van der Waals surface area contributed by atoms with Crippen LogP contribution in [-0.2, 0) is 0 Å². The molecule has 6 heteroatoms. The molecule has 0 saturated carbocycles. The van der Waals surface area contributed by atoms with Crippen molar-refractivity contribution in [3.8, 4) is 0 Å². The number of benzene rings is 1. The first-order chi connectivity index (χ1) is 6.43. The first-order valence-corrected chi connectivity index (χ1v) is 3.84. The molecule has 0 aromatic heterocycles. The minimum atomic E-state index is -1.07. The molecular formula is C8H5ClF2N2O. The minimum Gasteiger partial charge on any atom is -0.381 e. The van der Waals surface area contributed by atoms with Gasteiger partial charge in [0, 0.05) is 0 Å². The Morgan fingerprint density at radius 1 is 1.36 bits per heavy atom. The Hall–Kier alpha value is -1.49. The Balaban J connectivity index is 3.29. The summed E-state index contributed by atoms with van der Waals surface area (Å²) in [5.41, 5.74) is 4.24. The quantitative estimate of drug-likeness (QED) is 0.344. The summed E-state index contributed by atoms with van der Waals surface area (Å²) >= 11 is 5.26. The van der Waals surface area contributed by atoms with Gasteiger partial charge in [-0.25, -0.2) is 8.78 Å². The van der Waals surface area contributed by atoms with Crippen molar-refractivity contribution in [1.82, 2.24) is 0 Å². The molecule has 0 aliphatic heterocycles. The fraction of sp³-hybridized carbons (Fsp3) is 0. The fourth-order valence-corrected chi connectivity index (χ4v) is 0.992. The van der Waals surface area contributed by atoms with Crippen molar-refractivity contribution in [3.63, 3.8) is 0 Å². The molecule has 0 radical (unpaired) electrons. The molecular weight excluding hydrogens is 214 g/mol. The lowest BCUT2D eigenvalue weighted by molar-refractivity contribution is 0.105. The monoisotopic (exact) mass is 218 g/mol. The van der Waals surface area contributed by atoms with E-state index in [9.17, 15) is 13.6 Å². The average molecular weight is 219 g/mol. The topological polar surface area (TPSA) is 66.9 Å². The second-order valence-corrected chi connectivity index (χ2v) is 2.90. The standard InChI is InChI=1S/C8H5ClF2N2O/c9-4-2-5(10)3(1-6(4)11)7(14)8(12)13/h1-2H,(H3,12,13). The fourth-order valence-electron chi connectivity index (χ4n) is 0.842. The van der Waals surface area contributed by atoms with Gasteiger partial charge in [0.15, 0.2) is 5.84 Å². The van der Waals surface area contributed by atoms with Crippen LogP contribution in [0.25, 0.3) is 0 Å². The van der Waals surface area contributed by atoms with Gasteiger partial charge in [-0.05, 0) is 12.1 Å². The maximum Gasteiger partial charge on any atom is 0.230 e. The Morgan fingerprint density at radius 2 is 1.93 bits per heavy atom. The number of carbonyl (C=O) groups excluding carboxylic acids is 1. The summed E-state index contributed by atoms with van der Waals surface area (Å²) in [6, 6.07) is 1.27. The SMILES string of the molecule is N=C(N)C(=O)c1cc(F)c(Cl)cc1F. The third-order valence-electron chi connectivity index (χ3n) is 1.50. The molecule has 0 saturated heterocycles. The van der Waals surface area contributed by atoms with Gasteiger partial charge in [0.1, 0.15) is 11.6 Å². The summed E-state index contributed by atoms with van der Waals surface area (Å²) in [5, 5.41) is 6.34. The van der Waals surface area contributed by atoms with E-state index >= 15 is 0 Å². The predicted molar refractivity (Wildman–Crippen MR) is 47.6 cm³/mol. The number of hydrogen-bond donors (Lipinski definition) is 2. The zero-order chi connectivity index (χ0) is 10.9. The molecule has 1 aromatic carbocycles. The van der Waals surface area contributed by atoms with E-state index in [0.717, 1.165) is 0 Å². The smallest absolute Gasteiger partial charge is 0.230 e. The molecule has 0 bridgehead atoms. The van der Waals surface area contributed by atoms with E-state index in [1.54, 1.807) is 0 Å². The van der Waals surface area contributed by atoms with E-state index in [-0.39, 0.29) is 0 Å². The lowest BCUT2D eigenvalue weighted by Crippen LogP contribution is -2.23. The highest BCUT2D eigenvalue weighted by atomic mass is 35.5. The molecule has 74 valence electrons. The summed E-state index contributed by atoms with van der Waals surface area (Å²) in [5.74, 6) is -3.86. The number of ketones is 1. The van der Waals surface area contributed by atoms with E-state index in [1.807, 2.05) is 0 Å². The molecule has 0 amide bonds. The van der Waals surface area contributed by atoms with Gasteiger partial charge in [-0.15, -0.1) is 0 Å². The highest BCUT2D eigenvalue weighted by Crippen LogP contribution is 2.19. The van der Waals surface area contributed by atoms with Crippen molar-refractivity contribution >= 4 is 23.2 Å². The molecule has 3 nitrogen and oxygen atoms in total. The van der Waals surface area contributed by atoms with Crippen molar-refractivity contribution in [3.05, 3.63) is 34.4 Å². The van der Waals surface area contributed by atoms with E-state index in [1.165, 1.54) is 0 Å². The lowest BCUT2D eigenvalue weighted by atomic mass is 10.1. The summed E-state index contributed by atoms with van der Waals surface area (Å²) in [7, 11) is 0. The number of rotatable bonds is 2. The van der Waals surface area contributed by atoms with Crippen LogP contribution in [0.4, 0.5) is 8.78 Å². The largest absolute Gasteiger partial charge is 0.381 e. The van der Waals surface area contributed by atoms with Crippen molar-refractivity contribution in [2.24, 2.45) is 5.73 Å². The van der Waals surface area contributed by atoms with Gasteiger partial charge in [0.2, 0.25) is 5.78 Å². The van der Waals surface area contributed by atoms with Crippen LogP contribution in [0, 0.1) is 17.0 Å². The summed E-state index contributed by atoms with van der Waals surface area (Å²) in [6.45, 7) is 0. The second kappa shape index (κ2) is 3.71. The molecule has 0 heterocycles. The summed E-state index contributed by atoms with van der Waals surface area (Å²) in [4.78, 5) is 11.0. The van der Waals surface area contributed by atoms with Crippen LogP contribution in [0.3, 0.4) is 0 Å². The molecule has 0 atom stereocenters. The van der Waals surface area contributed by atoms with Gasteiger partial charge in [0.25, 0.3) is 0 Å². The Bertz CT molecular complexity index is 420. The number of carbonyl (C=O) groups is 1. The first kappa shape index (κ1) is 10.6. The lowest BCUT2D eigenvalue weighted by Gasteiger charge is -2.01. The number of halogens is 3. The van der Waals surface area contributed by atoms with Crippen molar-refractivity contribution < 1.29 is 13.6 Å². The molecule has 14 heavy (non-hydrogen) atoms. The maximum atomic E-state index is 13.0. The van der Waals surface area contributed by atoms with Gasteiger partial charge >= 0.3 is 0 Å². The first-order valence-electron chi connectivity index (χ1n) is 3.46. The van der Waals surface area contributed by atoms with E-state index in [2.05, 4.69) is 0 Å². The zero-order valence-corrected chi connectivity index (χ0v) is 7.53. The highest BCUT2D eigenvalue weighted by Gasteiger charge is 2.17.